The molecule has 5 nitrogen and oxygen atoms in total. The zero-order chi connectivity index (χ0) is 16.9. The number of carbonyl (C=O) groups is 1. The molecule has 0 atom stereocenters. The van der Waals surface area contributed by atoms with Crippen LogP contribution < -0.4 is 10.6 Å². The summed E-state index contributed by atoms with van der Waals surface area (Å²) in [5.74, 6) is 0.770. The Morgan fingerprint density at radius 2 is 1.67 bits per heavy atom. The smallest absolute Gasteiger partial charge is 0.274 e. The van der Waals surface area contributed by atoms with Crippen LogP contribution in [0, 0.1) is 6.92 Å². The molecule has 0 fully saturated rings. The minimum absolute atomic E-state index is 0.288. The van der Waals surface area contributed by atoms with E-state index in [9.17, 15) is 4.79 Å². The van der Waals surface area contributed by atoms with Crippen molar-refractivity contribution in [1.29, 1.82) is 0 Å². The van der Waals surface area contributed by atoms with E-state index >= 15 is 0 Å². The van der Waals surface area contributed by atoms with Crippen molar-refractivity contribution in [2.75, 3.05) is 10.6 Å². The summed E-state index contributed by atoms with van der Waals surface area (Å²) >= 11 is 5.84. The molecule has 1 aromatic heterocycles. The van der Waals surface area contributed by atoms with Gasteiger partial charge < -0.3 is 10.6 Å². The van der Waals surface area contributed by atoms with Crippen molar-refractivity contribution >= 4 is 34.7 Å². The molecule has 2 N–H and O–H groups in total. The molecule has 0 unspecified atom stereocenters. The fourth-order valence-corrected chi connectivity index (χ4v) is 2.27. The summed E-state index contributed by atoms with van der Waals surface area (Å²) in [6.07, 6.45) is 0. The van der Waals surface area contributed by atoms with Gasteiger partial charge in [-0.1, -0.05) is 29.8 Å². The Bertz CT molecular complexity index is 851. The first-order chi connectivity index (χ1) is 11.6. The monoisotopic (exact) mass is 338 g/mol. The molecule has 0 aliphatic rings. The predicted molar refractivity (Wildman–Crippen MR) is 95.9 cm³/mol. The number of hydrogen-bond acceptors (Lipinski definition) is 4. The number of benzene rings is 2. The minimum atomic E-state index is -0.307. The van der Waals surface area contributed by atoms with Crippen LogP contribution >= 0.6 is 11.6 Å². The third-order valence-corrected chi connectivity index (χ3v) is 3.47. The van der Waals surface area contributed by atoms with Gasteiger partial charge in [0, 0.05) is 22.5 Å². The molecule has 6 heteroatoms. The van der Waals surface area contributed by atoms with E-state index in [1.54, 1.807) is 37.3 Å². The molecule has 0 radical (unpaired) electrons. The molecule has 24 heavy (non-hydrogen) atoms. The van der Waals surface area contributed by atoms with Gasteiger partial charge in [-0.15, -0.1) is 0 Å². The highest BCUT2D eigenvalue weighted by Crippen LogP contribution is 2.17. The molecule has 0 spiro atoms. The van der Waals surface area contributed by atoms with Gasteiger partial charge in [0.1, 0.15) is 17.3 Å². The van der Waals surface area contributed by atoms with Crippen molar-refractivity contribution in [2.45, 2.75) is 6.92 Å². The summed E-state index contributed by atoms with van der Waals surface area (Å²) in [6, 6.07) is 18.1. The van der Waals surface area contributed by atoms with Crippen LogP contribution in [0.3, 0.4) is 0 Å². The molecule has 120 valence electrons. The first kappa shape index (κ1) is 16.0. The zero-order valence-electron chi connectivity index (χ0n) is 13.0. The van der Waals surface area contributed by atoms with Crippen LogP contribution in [-0.4, -0.2) is 15.9 Å². The third kappa shape index (κ3) is 4.08. The summed E-state index contributed by atoms with van der Waals surface area (Å²) < 4.78 is 0. The van der Waals surface area contributed by atoms with Gasteiger partial charge in [-0.2, -0.15) is 0 Å². The van der Waals surface area contributed by atoms with Crippen LogP contribution in [0.15, 0.2) is 60.7 Å². The van der Waals surface area contributed by atoms with Gasteiger partial charge >= 0.3 is 0 Å². The lowest BCUT2D eigenvalue weighted by Crippen LogP contribution is -2.15. The van der Waals surface area contributed by atoms with Crippen molar-refractivity contribution in [3.05, 3.63) is 77.2 Å². The molecular formula is C18H15ClN4O. The second kappa shape index (κ2) is 7.10. The van der Waals surface area contributed by atoms with Gasteiger partial charge in [0.05, 0.1) is 0 Å². The van der Waals surface area contributed by atoms with Gasteiger partial charge in [0.25, 0.3) is 5.91 Å². The first-order valence-electron chi connectivity index (χ1n) is 7.35. The molecule has 1 amide bonds. The lowest BCUT2D eigenvalue weighted by Gasteiger charge is -2.09. The van der Waals surface area contributed by atoms with E-state index < -0.39 is 0 Å². The van der Waals surface area contributed by atoms with Crippen molar-refractivity contribution in [1.82, 2.24) is 9.97 Å². The van der Waals surface area contributed by atoms with Gasteiger partial charge in [0.15, 0.2) is 0 Å². The van der Waals surface area contributed by atoms with Crippen LogP contribution in [0.2, 0.25) is 5.02 Å². The minimum Gasteiger partial charge on any atom is -0.340 e. The number of para-hydroxylation sites is 1. The molecular weight excluding hydrogens is 324 g/mol. The number of aromatic nitrogens is 2. The SMILES string of the molecule is Cc1nc(Nc2ccccc2)cc(C(=O)Nc2ccc(Cl)cc2)n1. The lowest BCUT2D eigenvalue weighted by molar-refractivity contribution is 0.102. The number of carbonyl (C=O) groups excluding carboxylic acids is 1. The highest BCUT2D eigenvalue weighted by Gasteiger charge is 2.11. The van der Waals surface area contributed by atoms with E-state index in [2.05, 4.69) is 20.6 Å². The third-order valence-electron chi connectivity index (χ3n) is 3.22. The standard InChI is InChI=1S/C18H15ClN4O/c1-12-20-16(18(24)23-15-9-7-13(19)8-10-15)11-17(21-12)22-14-5-3-2-4-6-14/h2-11H,1H3,(H,23,24)(H,20,21,22). The second-order valence-electron chi connectivity index (χ2n) is 5.14. The highest BCUT2D eigenvalue weighted by atomic mass is 35.5. The number of anilines is 3. The maximum Gasteiger partial charge on any atom is 0.274 e. The fraction of sp³-hybridized carbons (Fsp3) is 0.0556. The van der Waals surface area contributed by atoms with Gasteiger partial charge in [-0.25, -0.2) is 9.97 Å². The number of aryl methyl sites for hydroxylation is 1. The van der Waals surface area contributed by atoms with Gasteiger partial charge in [-0.3, -0.25) is 4.79 Å². The Morgan fingerprint density at radius 3 is 2.38 bits per heavy atom. The summed E-state index contributed by atoms with van der Waals surface area (Å²) in [5.41, 5.74) is 1.83. The van der Waals surface area contributed by atoms with Gasteiger partial charge in [0.2, 0.25) is 0 Å². The predicted octanol–water partition coefficient (Wildman–Crippen LogP) is 4.43. The Kier molecular flexibility index (Phi) is 4.72. The molecule has 0 bridgehead atoms. The molecule has 2 aromatic carbocycles. The molecule has 3 aromatic rings. The van der Waals surface area contributed by atoms with Crippen molar-refractivity contribution in [3.63, 3.8) is 0 Å². The van der Waals surface area contributed by atoms with Crippen LogP contribution in [0.4, 0.5) is 17.2 Å². The van der Waals surface area contributed by atoms with E-state index in [4.69, 9.17) is 11.6 Å². The van der Waals surface area contributed by atoms with Gasteiger partial charge in [-0.05, 0) is 43.3 Å². The number of nitrogens with one attached hydrogen (secondary N) is 2. The molecule has 0 aliphatic carbocycles. The molecule has 0 saturated heterocycles. The molecule has 0 aliphatic heterocycles. The number of halogens is 1. The van der Waals surface area contributed by atoms with Crippen LogP contribution in [-0.2, 0) is 0 Å². The number of hydrogen-bond donors (Lipinski definition) is 2. The molecule has 1 heterocycles. The van der Waals surface area contributed by atoms with E-state index in [0.717, 1.165) is 5.69 Å². The average molecular weight is 339 g/mol. The number of amides is 1. The van der Waals surface area contributed by atoms with E-state index in [0.29, 0.717) is 22.4 Å². The quantitative estimate of drug-likeness (QED) is 0.738. The van der Waals surface area contributed by atoms with Crippen molar-refractivity contribution in [3.8, 4) is 0 Å². The van der Waals surface area contributed by atoms with Crippen LogP contribution in [0.1, 0.15) is 16.3 Å². The Morgan fingerprint density at radius 1 is 0.958 bits per heavy atom. The van der Waals surface area contributed by atoms with Crippen LogP contribution in [0.5, 0.6) is 0 Å². The maximum absolute atomic E-state index is 12.4. The summed E-state index contributed by atoms with van der Waals surface area (Å²) in [4.78, 5) is 20.9. The molecule has 0 saturated carbocycles. The van der Waals surface area contributed by atoms with Crippen LogP contribution in [0.25, 0.3) is 0 Å². The maximum atomic E-state index is 12.4. The van der Waals surface area contributed by atoms with E-state index in [-0.39, 0.29) is 11.6 Å². The topological polar surface area (TPSA) is 66.9 Å². The van der Waals surface area contributed by atoms with E-state index in [1.165, 1.54) is 0 Å². The van der Waals surface area contributed by atoms with Crippen molar-refractivity contribution < 1.29 is 4.79 Å². The lowest BCUT2D eigenvalue weighted by atomic mass is 10.3. The average Bonchev–Trinajstić information content (AvgIpc) is 2.57. The summed E-state index contributed by atoms with van der Waals surface area (Å²) in [6.45, 7) is 1.75. The zero-order valence-corrected chi connectivity index (χ0v) is 13.7. The normalized spacial score (nSPS) is 10.2. The van der Waals surface area contributed by atoms with Crippen molar-refractivity contribution in [2.24, 2.45) is 0 Å². The largest absolute Gasteiger partial charge is 0.340 e. The second-order valence-corrected chi connectivity index (χ2v) is 5.57. The number of nitrogens with zero attached hydrogens (tertiary/aromatic N) is 2. The first-order valence-corrected chi connectivity index (χ1v) is 7.72. The Hall–Kier alpha value is -2.92. The number of rotatable bonds is 4. The summed E-state index contributed by atoms with van der Waals surface area (Å²) in [5, 5.41) is 6.56. The van der Waals surface area contributed by atoms with E-state index in [1.807, 2.05) is 30.3 Å². The Balaban J connectivity index is 1.80. The highest BCUT2D eigenvalue weighted by molar-refractivity contribution is 6.30. The fourth-order valence-electron chi connectivity index (χ4n) is 2.15. The summed E-state index contributed by atoms with van der Waals surface area (Å²) in [7, 11) is 0. The molecule has 3 rings (SSSR count). The Labute approximate surface area is 144 Å².